The molecule has 1 rings (SSSR count). The summed E-state index contributed by atoms with van der Waals surface area (Å²) >= 11 is 0. The van der Waals surface area contributed by atoms with Gasteiger partial charge in [-0.2, -0.15) is 0 Å². The third kappa shape index (κ3) is 6.25. The fourth-order valence-electron chi connectivity index (χ4n) is 3.34. The third-order valence-corrected chi connectivity index (χ3v) is 4.79. The van der Waals surface area contributed by atoms with Gasteiger partial charge in [-0.1, -0.05) is 45.4 Å². The van der Waals surface area contributed by atoms with Gasteiger partial charge in [0.2, 0.25) is 0 Å². The first kappa shape index (κ1) is 22.9. The summed E-state index contributed by atoms with van der Waals surface area (Å²) < 4.78 is 56.6. The quantitative estimate of drug-likeness (QED) is 0.255. The summed E-state index contributed by atoms with van der Waals surface area (Å²) in [6, 6.07) is 2.02. The van der Waals surface area contributed by atoms with Crippen LogP contribution in [-0.2, 0) is 20.6 Å². The van der Waals surface area contributed by atoms with Crippen LogP contribution >= 0.6 is 0 Å². The van der Waals surface area contributed by atoms with E-state index in [0.717, 1.165) is 31.4 Å². The van der Waals surface area contributed by atoms with Crippen molar-refractivity contribution in [2.24, 2.45) is 5.92 Å². The molecule has 0 aliphatic rings. The van der Waals surface area contributed by atoms with Crippen LogP contribution in [0.15, 0.2) is 12.1 Å². The zero-order chi connectivity index (χ0) is 19.6. The van der Waals surface area contributed by atoms with Crippen LogP contribution in [0, 0.1) is 23.4 Å². The molecule has 1 unspecified atom stereocenters. The van der Waals surface area contributed by atoms with Crippen molar-refractivity contribution in [1.29, 1.82) is 0 Å². The first-order valence-electron chi connectivity index (χ1n) is 9.22. The van der Waals surface area contributed by atoms with Crippen LogP contribution in [0.5, 0.6) is 0 Å². The van der Waals surface area contributed by atoms with Gasteiger partial charge in [0.15, 0.2) is 17.5 Å². The lowest BCUT2D eigenvalue weighted by atomic mass is 9.90. The highest BCUT2D eigenvalue weighted by molar-refractivity contribution is 5.20. The van der Waals surface area contributed by atoms with E-state index in [0.29, 0.717) is 12.0 Å². The molecule has 0 aromatic heterocycles. The second-order valence-electron chi connectivity index (χ2n) is 6.55. The summed E-state index contributed by atoms with van der Waals surface area (Å²) in [6.45, 7) is 2.17. The first-order valence-corrected chi connectivity index (χ1v) is 9.22. The normalized spacial score (nSPS) is 13.2. The lowest BCUT2D eigenvalue weighted by Crippen LogP contribution is -2.45. The van der Waals surface area contributed by atoms with Gasteiger partial charge in [0.05, 0.1) is 0 Å². The molecule has 0 fully saturated rings. The largest absolute Gasteiger partial charge is 0.331 e. The van der Waals surface area contributed by atoms with E-state index in [1.807, 2.05) is 0 Å². The predicted molar refractivity (Wildman–Crippen MR) is 95.3 cm³/mol. The Balaban J connectivity index is 2.87. The summed E-state index contributed by atoms with van der Waals surface area (Å²) in [5, 5.41) is 0. The van der Waals surface area contributed by atoms with Gasteiger partial charge >= 0.3 is 0 Å². The molecule has 3 nitrogen and oxygen atoms in total. The highest BCUT2D eigenvalue weighted by atomic mass is 19.2. The van der Waals surface area contributed by atoms with E-state index in [1.54, 1.807) is 0 Å². The van der Waals surface area contributed by atoms with Gasteiger partial charge in [-0.05, 0) is 30.5 Å². The van der Waals surface area contributed by atoms with E-state index >= 15 is 0 Å². The molecule has 0 heterocycles. The Morgan fingerprint density at radius 3 is 1.85 bits per heavy atom. The Morgan fingerprint density at radius 2 is 1.35 bits per heavy atom. The highest BCUT2D eigenvalue weighted by Crippen LogP contribution is 2.32. The molecule has 0 saturated heterocycles. The molecule has 0 saturated carbocycles. The SMILES string of the molecule is CCCCCCCCC(Cc1cc(F)c(F)c(F)c1)C(OC)(OC)OC. The number of ether oxygens (including phenoxy) is 3. The number of methoxy groups -OCH3 is 3. The zero-order valence-electron chi connectivity index (χ0n) is 16.2. The molecule has 0 radical (unpaired) electrons. The van der Waals surface area contributed by atoms with Crippen LogP contribution < -0.4 is 0 Å². The van der Waals surface area contributed by atoms with Gasteiger partial charge in [0.25, 0.3) is 5.97 Å². The summed E-state index contributed by atoms with van der Waals surface area (Å²) in [6.07, 6.45) is 7.65. The Morgan fingerprint density at radius 1 is 0.846 bits per heavy atom. The van der Waals surface area contributed by atoms with Gasteiger partial charge in [-0.25, -0.2) is 13.2 Å². The average Bonchev–Trinajstić information content (AvgIpc) is 2.64. The van der Waals surface area contributed by atoms with Gasteiger partial charge in [0.1, 0.15) is 0 Å². The van der Waals surface area contributed by atoms with Crippen LogP contribution in [0.4, 0.5) is 13.2 Å². The van der Waals surface area contributed by atoms with Gasteiger partial charge in [0, 0.05) is 27.2 Å². The highest BCUT2D eigenvalue weighted by Gasteiger charge is 2.39. The number of halogens is 3. The molecule has 26 heavy (non-hydrogen) atoms. The number of hydrogen-bond acceptors (Lipinski definition) is 3. The summed E-state index contributed by atoms with van der Waals surface area (Å²) in [5.74, 6) is -5.46. The van der Waals surface area contributed by atoms with E-state index in [9.17, 15) is 13.2 Å². The van der Waals surface area contributed by atoms with Gasteiger partial charge in [-0.3, -0.25) is 0 Å². The van der Waals surface area contributed by atoms with Crippen molar-refractivity contribution < 1.29 is 27.4 Å². The minimum Gasteiger partial charge on any atom is -0.331 e. The molecule has 0 bridgehead atoms. The molecule has 0 amide bonds. The lowest BCUT2D eigenvalue weighted by molar-refractivity contribution is -0.379. The summed E-state index contributed by atoms with van der Waals surface area (Å²) in [5.41, 5.74) is 0.341. The minimum atomic E-state index is -1.46. The summed E-state index contributed by atoms with van der Waals surface area (Å²) in [7, 11) is 4.40. The van der Waals surface area contributed by atoms with Crippen molar-refractivity contribution in [3.63, 3.8) is 0 Å². The maximum atomic E-state index is 13.5. The number of unbranched alkanes of at least 4 members (excludes halogenated alkanes) is 5. The van der Waals surface area contributed by atoms with Crippen LogP contribution in [0.1, 0.15) is 57.4 Å². The lowest BCUT2D eigenvalue weighted by Gasteiger charge is -2.36. The van der Waals surface area contributed by atoms with Crippen molar-refractivity contribution in [1.82, 2.24) is 0 Å². The topological polar surface area (TPSA) is 27.7 Å². The van der Waals surface area contributed by atoms with E-state index in [2.05, 4.69) is 6.92 Å². The predicted octanol–water partition coefficient (Wildman–Crippen LogP) is 5.61. The molecule has 0 N–H and O–H groups in total. The van der Waals surface area contributed by atoms with Crippen molar-refractivity contribution in [2.45, 2.75) is 64.3 Å². The monoisotopic (exact) mass is 376 g/mol. The Kier molecular flexibility index (Phi) is 10.2. The van der Waals surface area contributed by atoms with Crippen LogP contribution in [0.25, 0.3) is 0 Å². The second-order valence-corrected chi connectivity index (χ2v) is 6.55. The Bertz CT molecular complexity index is 502. The first-order chi connectivity index (χ1) is 12.4. The molecule has 1 aromatic rings. The Hall–Kier alpha value is -1.11. The number of benzene rings is 1. The van der Waals surface area contributed by atoms with E-state index in [-0.39, 0.29) is 12.3 Å². The maximum absolute atomic E-state index is 13.5. The molecule has 6 heteroatoms. The molecule has 1 atom stereocenters. The van der Waals surface area contributed by atoms with Crippen molar-refractivity contribution in [3.8, 4) is 0 Å². The molecular weight excluding hydrogens is 345 g/mol. The zero-order valence-corrected chi connectivity index (χ0v) is 16.2. The van der Waals surface area contributed by atoms with Gasteiger partial charge < -0.3 is 14.2 Å². The fraction of sp³-hybridized carbons (Fsp3) is 0.700. The molecule has 0 aliphatic heterocycles. The average molecular weight is 376 g/mol. The van der Waals surface area contributed by atoms with Crippen LogP contribution in [0.3, 0.4) is 0 Å². The maximum Gasteiger partial charge on any atom is 0.285 e. The standard InChI is InChI=1S/C20H31F3O3/c1-5-6-7-8-9-10-11-16(20(24-2,25-3)26-4)12-15-13-17(21)19(23)18(22)14-15/h13-14,16H,5-12H2,1-4H3. The van der Waals surface area contributed by atoms with Crippen LogP contribution in [0.2, 0.25) is 0 Å². The van der Waals surface area contributed by atoms with Gasteiger partial charge in [-0.15, -0.1) is 0 Å². The molecule has 1 aromatic carbocycles. The van der Waals surface area contributed by atoms with E-state index < -0.39 is 23.4 Å². The van der Waals surface area contributed by atoms with E-state index in [1.165, 1.54) is 40.6 Å². The smallest absolute Gasteiger partial charge is 0.285 e. The summed E-state index contributed by atoms with van der Waals surface area (Å²) in [4.78, 5) is 0. The van der Waals surface area contributed by atoms with Crippen molar-refractivity contribution in [2.75, 3.05) is 21.3 Å². The fourth-order valence-corrected chi connectivity index (χ4v) is 3.34. The third-order valence-electron chi connectivity index (χ3n) is 4.79. The molecule has 0 spiro atoms. The van der Waals surface area contributed by atoms with Crippen molar-refractivity contribution >= 4 is 0 Å². The van der Waals surface area contributed by atoms with E-state index in [4.69, 9.17) is 14.2 Å². The van der Waals surface area contributed by atoms with Crippen LogP contribution in [-0.4, -0.2) is 27.3 Å². The molecular formula is C20H31F3O3. The minimum absolute atomic E-state index is 0.249. The molecule has 0 aliphatic carbocycles. The van der Waals surface area contributed by atoms with Crippen molar-refractivity contribution in [3.05, 3.63) is 35.1 Å². The molecule has 150 valence electrons. The number of hydrogen-bond donors (Lipinski definition) is 0. The second kappa shape index (κ2) is 11.6. The Labute approximate surface area is 154 Å². The number of rotatable bonds is 13.